The van der Waals surface area contributed by atoms with Gasteiger partial charge in [0.2, 0.25) is 0 Å². The van der Waals surface area contributed by atoms with Crippen LogP contribution in [-0.4, -0.2) is 15.9 Å². The predicted molar refractivity (Wildman–Crippen MR) is 76.7 cm³/mol. The zero-order valence-electron chi connectivity index (χ0n) is 10.9. The Morgan fingerprint density at radius 1 is 1.42 bits per heavy atom. The molecule has 0 aliphatic carbocycles. The van der Waals surface area contributed by atoms with Gasteiger partial charge in [-0.15, -0.1) is 11.3 Å². The molecule has 0 spiro atoms. The second kappa shape index (κ2) is 5.67. The summed E-state index contributed by atoms with van der Waals surface area (Å²) in [6, 6.07) is 1.53. The van der Waals surface area contributed by atoms with Gasteiger partial charge in [0.1, 0.15) is 5.01 Å². The number of aromatic nitrogens is 2. The molecular weight excluding hydrogens is 282 g/mol. The van der Waals surface area contributed by atoms with Crippen molar-refractivity contribution in [1.29, 1.82) is 0 Å². The molecule has 1 unspecified atom stereocenters. The van der Waals surface area contributed by atoms with Crippen LogP contribution in [0.4, 0.5) is 0 Å². The molecule has 19 heavy (non-hydrogen) atoms. The summed E-state index contributed by atoms with van der Waals surface area (Å²) in [5, 5.41) is 6.11. The first kappa shape index (κ1) is 14.0. The van der Waals surface area contributed by atoms with E-state index in [1.54, 1.807) is 6.07 Å². The number of aryl methyl sites for hydroxylation is 2. The third-order valence-corrected chi connectivity index (χ3v) is 4.05. The Bertz CT molecular complexity index is 612. The molecule has 2 rings (SSSR count). The first-order valence-corrected chi connectivity index (χ1v) is 7.08. The van der Waals surface area contributed by atoms with E-state index >= 15 is 0 Å². The van der Waals surface area contributed by atoms with Gasteiger partial charge in [-0.2, -0.15) is 0 Å². The van der Waals surface area contributed by atoms with Gasteiger partial charge in [0, 0.05) is 23.0 Å². The van der Waals surface area contributed by atoms with E-state index in [0.717, 1.165) is 16.4 Å². The molecule has 1 atom stereocenters. The maximum atomic E-state index is 12.1. The molecule has 2 aromatic rings. The van der Waals surface area contributed by atoms with E-state index in [1.165, 1.54) is 17.5 Å². The Labute approximate surface area is 120 Å². The predicted octanol–water partition coefficient (Wildman–Crippen LogP) is 3.30. The van der Waals surface area contributed by atoms with Crippen LogP contribution in [0.15, 0.2) is 17.6 Å². The van der Waals surface area contributed by atoms with Crippen molar-refractivity contribution < 1.29 is 4.79 Å². The number of rotatable bonds is 3. The molecule has 4 nitrogen and oxygen atoms in total. The fourth-order valence-electron chi connectivity index (χ4n) is 1.60. The van der Waals surface area contributed by atoms with Gasteiger partial charge in [-0.25, -0.2) is 4.98 Å². The monoisotopic (exact) mass is 295 g/mol. The smallest absolute Gasteiger partial charge is 0.254 e. The molecule has 0 aliphatic rings. The second-order valence-electron chi connectivity index (χ2n) is 4.33. The van der Waals surface area contributed by atoms with Gasteiger partial charge in [-0.05, 0) is 26.8 Å². The summed E-state index contributed by atoms with van der Waals surface area (Å²) in [6.45, 7) is 5.65. The molecular formula is C13H14ClN3OS. The minimum atomic E-state index is -0.238. The summed E-state index contributed by atoms with van der Waals surface area (Å²) in [5.41, 5.74) is 2.12. The Morgan fingerprint density at radius 2 is 2.16 bits per heavy atom. The number of amides is 1. The van der Waals surface area contributed by atoms with E-state index in [1.807, 2.05) is 26.2 Å². The molecule has 0 bridgehead atoms. The summed E-state index contributed by atoms with van der Waals surface area (Å²) >= 11 is 7.57. The van der Waals surface area contributed by atoms with Crippen LogP contribution >= 0.6 is 22.9 Å². The molecule has 100 valence electrons. The van der Waals surface area contributed by atoms with Crippen molar-refractivity contribution in [3.8, 4) is 0 Å². The molecule has 0 saturated heterocycles. The molecule has 0 aliphatic heterocycles. The second-order valence-corrected chi connectivity index (χ2v) is 5.62. The third kappa shape index (κ3) is 3.30. The van der Waals surface area contributed by atoms with E-state index in [4.69, 9.17) is 11.6 Å². The van der Waals surface area contributed by atoms with Crippen molar-refractivity contribution in [2.24, 2.45) is 0 Å². The largest absolute Gasteiger partial charge is 0.343 e. The number of hydrogen-bond acceptors (Lipinski definition) is 4. The zero-order chi connectivity index (χ0) is 14.0. The van der Waals surface area contributed by atoms with E-state index < -0.39 is 0 Å². The zero-order valence-corrected chi connectivity index (χ0v) is 12.5. The molecule has 0 radical (unpaired) electrons. The highest BCUT2D eigenvalue weighted by molar-refractivity contribution is 7.09. The number of nitrogens with one attached hydrogen (secondary N) is 1. The molecule has 2 aromatic heterocycles. The van der Waals surface area contributed by atoms with Crippen LogP contribution in [0.1, 0.15) is 39.7 Å². The third-order valence-electron chi connectivity index (χ3n) is 2.59. The maximum absolute atomic E-state index is 12.1. The van der Waals surface area contributed by atoms with Crippen LogP contribution in [0.5, 0.6) is 0 Å². The van der Waals surface area contributed by atoms with Crippen LogP contribution in [0, 0.1) is 13.8 Å². The normalized spacial score (nSPS) is 12.2. The molecule has 0 saturated carbocycles. The van der Waals surface area contributed by atoms with E-state index in [0.29, 0.717) is 10.6 Å². The van der Waals surface area contributed by atoms with Gasteiger partial charge >= 0.3 is 0 Å². The molecule has 2 heterocycles. The number of halogens is 1. The highest BCUT2D eigenvalue weighted by Gasteiger charge is 2.16. The number of carbonyl (C=O) groups is 1. The number of carbonyl (C=O) groups excluding carboxylic acids is 1. The Hall–Kier alpha value is -1.46. The van der Waals surface area contributed by atoms with Crippen molar-refractivity contribution >= 4 is 28.8 Å². The lowest BCUT2D eigenvalue weighted by atomic mass is 10.2. The van der Waals surface area contributed by atoms with Crippen LogP contribution < -0.4 is 5.32 Å². The summed E-state index contributed by atoms with van der Waals surface area (Å²) in [4.78, 5) is 20.5. The lowest BCUT2D eigenvalue weighted by Crippen LogP contribution is -2.27. The summed E-state index contributed by atoms with van der Waals surface area (Å²) < 4.78 is 0. The first-order valence-electron chi connectivity index (χ1n) is 5.82. The highest BCUT2D eigenvalue weighted by atomic mass is 35.5. The Balaban J connectivity index is 2.12. The van der Waals surface area contributed by atoms with Gasteiger partial charge in [-0.3, -0.25) is 9.78 Å². The van der Waals surface area contributed by atoms with Crippen LogP contribution in [-0.2, 0) is 0 Å². The number of hydrogen-bond donors (Lipinski definition) is 1. The van der Waals surface area contributed by atoms with Gasteiger partial charge in [0.15, 0.2) is 0 Å². The molecule has 6 heteroatoms. The average Bonchev–Trinajstić information content (AvgIpc) is 2.75. The van der Waals surface area contributed by atoms with Crippen LogP contribution in [0.2, 0.25) is 5.02 Å². The van der Waals surface area contributed by atoms with Crippen molar-refractivity contribution in [2.75, 3.05) is 0 Å². The van der Waals surface area contributed by atoms with Gasteiger partial charge in [-0.1, -0.05) is 11.6 Å². The minimum Gasteiger partial charge on any atom is -0.343 e. The quantitative estimate of drug-likeness (QED) is 0.945. The molecule has 1 N–H and O–H groups in total. The number of pyridine rings is 1. The number of thiazole rings is 1. The van der Waals surface area contributed by atoms with Crippen molar-refractivity contribution in [1.82, 2.24) is 15.3 Å². The standard InChI is InChI=1S/C13H14ClN3OS/c1-7-4-11(14)10(5-15-7)12(18)17-9(3)13-16-8(2)6-19-13/h4-6,9H,1-3H3,(H,17,18). The molecule has 0 fully saturated rings. The Kier molecular flexibility index (Phi) is 4.17. The topological polar surface area (TPSA) is 54.9 Å². The molecule has 1 amide bonds. The van der Waals surface area contributed by atoms with E-state index in [9.17, 15) is 4.79 Å². The van der Waals surface area contributed by atoms with Gasteiger partial charge in [0.25, 0.3) is 5.91 Å². The SMILES string of the molecule is Cc1cc(Cl)c(C(=O)NC(C)c2nc(C)cs2)cn1. The summed E-state index contributed by atoms with van der Waals surface area (Å²) in [7, 11) is 0. The maximum Gasteiger partial charge on any atom is 0.254 e. The lowest BCUT2D eigenvalue weighted by Gasteiger charge is -2.12. The fourth-order valence-corrected chi connectivity index (χ4v) is 2.70. The summed E-state index contributed by atoms with van der Waals surface area (Å²) in [6.07, 6.45) is 1.49. The van der Waals surface area contributed by atoms with E-state index in [2.05, 4.69) is 15.3 Å². The lowest BCUT2D eigenvalue weighted by molar-refractivity contribution is 0.0939. The van der Waals surface area contributed by atoms with Crippen LogP contribution in [0.25, 0.3) is 0 Å². The minimum absolute atomic E-state index is 0.149. The average molecular weight is 296 g/mol. The fraction of sp³-hybridized carbons (Fsp3) is 0.308. The van der Waals surface area contributed by atoms with Crippen molar-refractivity contribution in [3.05, 3.63) is 44.6 Å². The van der Waals surface area contributed by atoms with Crippen molar-refractivity contribution in [3.63, 3.8) is 0 Å². The van der Waals surface area contributed by atoms with Crippen LogP contribution in [0.3, 0.4) is 0 Å². The van der Waals surface area contributed by atoms with E-state index in [-0.39, 0.29) is 11.9 Å². The number of nitrogens with zero attached hydrogens (tertiary/aromatic N) is 2. The highest BCUT2D eigenvalue weighted by Crippen LogP contribution is 2.20. The Morgan fingerprint density at radius 3 is 2.74 bits per heavy atom. The summed E-state index contributed by atoms with van der Waals surface area (Å²) in [5.74, 6) is -0.238. The van der Waals surface area contributed by atoms with Gasteiger partial charge in [0.05, 0.1) is 16.6 Å². The van der Waals surface area contributed by atoms with Gasteiger partial charge < -0.3 is 5.32 Å². The first-order chi connectivity index (χ1) is 8.97. The van der Waals surface area contributed by atoms with Crippen molar-refractivity contribution in [2.45, 2.75) is 26.8 Å². The molecule has 0 aromatic carbocycles.